The normalized spacial score (nSPS) is 9.00. The Kier molecular flexibility index (Phi) is 14.7. The van der Waals surface area contributed by atoms with Crippen molar-refractivity contribution in [3.05, 3.63) is 0 Å². The quantitative estimate of drug-likeness (QED) is 0.610. The van der Waals surface area contributed by atoms with Crippen molar-refractivity contribution in [1.29, 1.82) is 0 Å². The summed E-state index contributed by atoms with van der Waals surface area (Å²) < 4.78 is 0. The van der Waals surface area contributed by atoms with E-state index in [-0.39, 0.29) is 51.4 Å². The van der Waals surface area contributed by atoms with Gasteiger partial charge in [0.05, 0.1) is 0 Å². The van der Waals surface area contributed by atoms with Crippen molar-refractivity contribution in [2.45, 2.75) is 36.5 Å². The molecule has 0 saturated heterocycles. The monoisotopic (exact) mass is 200 g/mol. The van der Waals surface area contributed by atoms with Gasteiger partial charge in [0.25, 0.3) is 0 Å². The molecule has 44 valence electrons. The van der Waals surface area contributed by atoms with Crippen molar-refractivity contribution >= 4 is 65.7 Å². The Hall–Kier alpha value is 2.18. The van der Waals surface area contributed by atoms with E-state index >= 15 is 0 Å². The van der Waals surface area contributed by atoms with Crippen LogP contribution in [0, 0.1) is 0 Å². The predicted molar refractivity (Wildman–Crippen MR) is 43.0 cm³/mol. The zero-order valence-corrected chi connectivity index (χ0v) is 11.8. The minimum Gasteiger partial charge on any atom is 0 e. The van der Waals surface area contributed by atoms with Gasteiger partial charge in [-0.05, 0) is 0 Å². The predicted octanol–water partition coefficient (Wildman–Crippen LogP) is 2.16. The second kappa shape index (κ2) is 9.18. The molecule has 0 aromatic carbocycles. The van der Waals surface area contributed by atoms with Crippen molar-refractivity contribution in [2.75, 3.05) is 0 Å². The average Bonchev–Trinajstić information content (AvgIpc) is 1.72. The molecule has 0 aromatic heterocycles. The molecule has 0 spiro atoms. The van der Waals surface area contributed by atoms with Crippen LogP contribution in [0.4, 0.5) is 0 Å². The van der Waals surface area contributed by atoms with E-state index in [1.54, 1.807) is 0 Å². The molecule has 8 heavy (non-hydrogen) atoms. The SMILES string of the molecule is C[CH2][Ge]([CH2]C)[CH2]C.[K]. The van der Waals surface area contributed by atoms with Gasteiger partial charge in [-0.2, -0.15) is 0 Å². The molecule has 0 rings (SSSR count). The van der Waals surface area contributed by atoms with Gasteiger partial charge in [-0.1, -0.05) is 0 Å². The first kappa shape index (κ1) is 12.8. The van der Waals surface area contributed by atoms with E-state index in [9.17, 15) is 0 Å². The van der Waals surface area contributed by atoms with E-state index in [2.05, 4.69) is 20.8 Å². The van der Waals surface area contributed by atoms with Crippen molar-refractivity contribution < 1.29 is 0 Å². The Morgan fingerprint density at radius 3 is 1.12 bits per heavy atom. The molecular formula is C6H15GeK. The first-order valence-corrected chi connectivity index (χ1v) is 7.63. The van der Waals surface area contributed by atoms with Crippen LogP contribution in [0.2, 0.25) is 15.8 Å². The average molecular weight is 199 g/mol. The van der Waals surface area contributed by atoms with Crippen LogP contribution in [0.3, 0.4) is 0 Å². The zero-order valence-electron chi connectivity index (χ0n) is 6.62. The van der Waals surface area contributed by atoms with Crippen molar-refractivity contribution in [3.63, 3.8) is 0 Å². The standard InChI is InChI=1S/C6H15Ge.K/c1-4-7(5-2)6-3;/h4-6H2,1-3H3;. The third kappa shape index (κ3) is 6.30. The maximum Gasteiger partial charge on any atom is 0 e. The molecule has 0 saturated carbocycles. The minimum absolute atomic E-state index is 0. The molecule has 0 N–H and O–H groups in total. The van der Waals surface area contributed by atoms with Crippen LogP contribution in [0.15, 0.2) is 0 Å². The van der Waals surface area contributed by atoms with Crippen molar-refractivity contribution in [3.8, 4) is 0 Å². The molecule has 0 bridgehead atoms. The van der Waals surface area contributed by atoms with Crippen LogP contribution in [0.5, 0.6) is 0 Å². The number of hydrogen-bond acceptors (Lipinski definition) is 0. The molecule has 0 nitrogen and oxygen atoms in total. The van der Waals surface area contributed by atoms with Crippen LogP contribution in [-0.4, -0.2) is 65.7 Å². The zero-order chi connectivity index (χ0) is 5.70. The summed E-state index contributed by atoms with van der Waals surface area (Å²) in [6.07, 6.45) is 0. The van der Waals surface area contributed by atoms with E-state index in [1.807, 2.05) is 0 Å². The molecule has 0 heterocycles. The van der Waals surface area contributed by atoms with Crippen molar-refractivity contribution in [2.24, 2.45) is 0 Å². The number of hydrogen-bond donors (Lipinski definition) is 0. The van der Waals surface area contributed by atoms with Crippen molar-refractivity contribution in [1.82, 2.24) is 0 Å². The summed E-state index contributed by atoms with van der Waals surface area (Å²) >= 11 is -0.403. The third-order valence-electron chi connectivity index (χ3n) is 1.50. The second-order valence-electron chi connectivity index (χ2n) is 1.81. The van der Waals surface area contributed by atoms with Crippen LogP contribution < -0.4 is 0 Å². The van der Waals surface area contributed by atoms with E-state index < -0.39 is 14.3 Å². The van der Waals surface area contributed by atoms with Crippen LogP contribution in [0.25, 0.3) is 0 Å². The first-order valence-electron chi connectivity index (χ1n) is 3.18. The fraction of sp³-hybridized carbons (Fsp3) is 1.00. The topological polar surface area (TPSA) is 0 Å². The van der Waals surface area contributed by atoms with Gasteiger partial charge in [0, 0.05) is 51.4 Å². The van der Waals surface area contributed by atoms with Gasteiger partial charge in [-0.25, -0.2) is 0 Å². The van der Waals surface area contributed by atoms with E-state index in [4.69, 9.17) is 0 Å². The molecule has 0 amide bonds. The molecular weight excluding hydrogens is 184 g/mol. The molecule has 0 aromatic rings. The summed E-state index contributed by atoms with van der Waals surface area (Å²) in [7, 11) is 0. The van der Waals surface area contributed by atoms with Crippen LogP contribution >= 0.6 is 0 Å². The maximum atomic E-state index is 2.34. The van der Waals surface area contributed by atoms with E-state index in [1.165, 1.54) is 15.8 Å². The Labute approximate surface area is 100 Å². The third-order valence-corrected chi connectivity index (χ3v) is 7.79. The Balaban J connectivity index is 0. The van der Waals surface area contributed by atoms with Gasteiger partial charge in [-0.15, -0.1) is 0 Å². The molecule has 0 aliphatic rings. The summed E-state index contributed by atoms with van der Waals surface area (Å²) in [5, 5.41) is 4.56. The number of rotatable bonds is 3. The second-order valence-corrected chi connectivity index (χ2v) is 9.41. The molecule has 0 aliphatic heterocycles. The van der Waals surface area contributed by atoms with E-state index in [0.29, 0.717) is 0 Å². The molecule has 2 radical (unpaired) electrons. The first-order chi connectivity index (χ1) is 3.35. The largest absolute Gasteiger partial charge is 0 e. The summed E-state index contributed by atoms with van der Waals surface area (Å²) in [6.45, 7) is 7.01. The maximum absolute atomic E-state index is 2.34. The molecule has 0 fully saturated rings. The molecule has 0 atom stereocenters. The van der Waals surface area contributed by atoms with Crippen LogP contribution in [-0.2, 0) is 0 Å². The molecule has 0 aliphatic carbocycles. The van der Waals surface area contributed by atoms with Crippen LogP contribution in [0.1, 0.15) is 20.8 Å². The Morgan fingerprint density at radius 1 is 0.875 bits per heavy atom. The van der Waals surface area contributed by atoms with Gasteiger partial charge >= 0.3 is 50.9 Å². The summed E-state index contributed by atoms with van der Waals surface area (Å²) in [4.78, 5) is 0. The summed E-state index contributed by atoms with van der Waals surface area (Å²) in [5.74, 6) is 0. The summed E-state index contributed by atoms with van der Waals surface area (Å²) in [5.41, 5.74) is 0. The fourth-order valence-corrected chi connectivity index (χ4v) is 3.90. The van der Waals surface area contributed by atoms with Gasteiger partial charge in [0.15, 0.2) is 0 Å². The van der Waals surface area contributed by atoms with Gasteiger partial charge in [0.1, 0.15) is 0 Å². The fourth-order valence-electron chi connectivity index (χ4n) is 0.750. The van der Waals surface area contributed by atoms with Gasteiger partial charge < -0.3 is 0 Å². The molecule has 0 unspecified atom stereocenters. The minimum atomic E-state index is -0.403. The molecule has 2 heteroatoms. The Bertz CT molecular complexity index is 30.0. The Morgan fingerprint density at radius 2 is 1.12 bits per heavy atom. The summed E-state index contributed by atoms with van der Waals surface area (Å²) in [6, 6.07) is 0. The van der Waals surface area contributed by atoms with Gasteiger partial charge in [0.2, 0.25) is 0 Å². The van der Waals surface area contributed by atoms with Gasteiger partial charge in [-0.3, -0.25) is 0 Å². The van der Waals surface area contributed by atoms with E-state index in [0.717, 1.165) is 0 Å². The smallest absolute Gasteiger partial charge is 0 e.